The number of aryl methyl sites for hydroxylation is 1. The van der Waals surface area contributed by atoms with Crippen LogP contribution in [0.2, 0.25) is 0 Å². The first kappa shape index (κ1) is 17.9. The molecule has 6 heteroatoms. The van der Waals surface area contributed by atoms with Crippen LogP contribution in [-0.4, -0.2) is 52.8 Å². The van der Waals surface area contributed by atoms with Crippen LogP contribution in [0.4, 0.5) is 5.82 Å². The lowest BCUT2D eigenvalue weighted by molar-refractivity contribution is -0.130. The Labute approximate surface area is 153 Å². The van der Waals surface area contributed by atoms with Crippen molar-refractivity contribution in [3.63, 3.8) is 0 Å². The maximum absolute atomic E-state index is 12.6. The van der Waals surface area contributed by atoms with E-state index in [4.69, 9.17) is 0 Å². The molecule has 1 N–H and O–H groups in total. The third kappa shape index (κ3) is 4.39. The lowest BCUT2D eigenvalue weighted by Gasteiger charge is -2.34. The molecule has 0 atom stereocenters. The molecular weight excluding hydrogens is 328 g/mol. The predicted molar refractivity (Wildman–Crippen MR) is 101 cm³/mol. The average Bonchev–Trinajstić information content (AvgIpc) is 2.67. The molecule has 3 rings (SSSR count). The van der Waals surface area contributed by atoms with Crippen molar-refractivity contribution in [1.29, 1.82) is 0 Å². The quantitative estimate of drug-likeness (QED) is 0.917. The molecule has 1 fully saturated rings. The lowest BCUT2D eigenvalue weighted by atomic mass is 10.1. The van der Waals surface area contributed by atoms with E-state index in [1.54, 1.807) is 29.0 Å². The fourth-order valence-corrected chi connectivity index (χ4v) is 2.93. The Morgan fingerprint density at radius 1 is 1.00 bits per heavy atom. The minimum Gasteiger partial charge on any atom is -0.366 e. The summed E-state index contributed by atoms with van der Waals surface area (Å²) in [4.78, 5) is 31.8. The molecule has 1 saturated heterocycles. The molecule has 0 spiro atoms. The zero-order chi connectivity index (χ0) is 18.5. The molecule has 1 aromatic carbocycles. The van der Waals surface area contributed by atoms with E-state index < -0.39 is 0 Å². The van der Waals surface area contributed by atoms with Gasteiger partial charge in [-0.05, 0) is 24.6 Å². The van der Waals surface area contributed by atoms with Crippen LogP contribution in [0.25, 0.3) is 0 Å². The van der Waals surface area contributed by atoms with Crippen molar-refractivity contribution in [3.8, 4) is 0 Å². The maximum Gasteiger partial charge on any atom is 0.255 e. The van der Waals surface area contributed by atoms with Gasteiger partial charge in [0, 0.05) is 45.8 Å². The van der Waals surface area contributed by atoms with E-state index in [0.717, 1.165) is 5.82 Å². The van der Waals surface area contributed by atoms with Crippen molar-refractivity contribution in [1.82, 2.24) is 14.8 Å². The summed E-state index contributed by atoms with van der Waals surface area (Å²) >= 11 is 0. The summed E-state index contributed by atoms with van der Waals surface area (Å²) in [6.45, 7) is 6.61. The van der Waals surface area contributed by atoms with Gasteiger partial charge in [-0.1, -0.05) is 29.8 Å². The van der Waals surface area contributed by atoms with Crippen LogP contribution in [0.3, 0.4) is 0 Å². The number of carbonyl (C=O) groups excluding carboxylic acids is 2. The fraction of sp³-hybridized carbons (Fsp3) is 0.350. The van der Waals surface area contributed by atoms with Gasteiger partial charge in [-0.2, -0.15) is 0 Å². The number of piperazine rings is 1. The first-order valence-electron chi connectivity index (χ1n) is 8.83. The molecule has 0 aliphatic carbocycles. The van der Waals surface area contributed by atoms with Crippen LogP contribution in [0.5, 0.6) is 0 Å². The number of nitrogens with zero attached hydrogens (tertiary/aromatic N) is 3. The molecule has 6 nitrogen and oxygen atoms in total. The second-order valence-corrected chi connectivity index (χ2v) is 6.57. The SMILES string of the molecule is CC(=O)N1CCN(C(=O)c2ccc(NCc3ccc(C)cc3)nc2)CC1. The van der Waals surface area contributed by atoms with Gasteiger partial charge in [-0.3, -0.25) is 9.59 Å². The Morgan fingerprint density at radius 3 is 2.23 bits per heavy atom. The summed E-state index contributed by atoms with van der Waals surface area (Å²) < 4.78 is 0. The van der Waals surface area contributed by atoms with Crippen LogP contribution < -0.4 is 5.32 Å². The molecule has 1 aromatic heterocycles. The first-order valence-corrected chi connectivity index (χ1v) is 8.83. The Morgan fingerprint density at radius 2 is 1.65 bits per heavy atom. The number of carbonyl (C=O) groups is 2. The lowest BCUT2D eigenvalue weighted by Crippen LogP contribution is -2.50. The van der Waals surface area contributed by atoms with E-state index in [1.807, 2.05) is 6.07 Å². The molecule has 0 saturated carbocycles. The second-order valence-electron chi connectivity index (χ2n) is 6.57. The Hall–Kier alpha value is -2.89. The van der Waals surface area contributed by atoms with Gasteiger partial charge in [0.05, 0.1) is 5.56 Å². The highest BCUT2D eigenvalue weighted by Crippen LogP contribution is 2.12. The van der Waals surface area contributed by atoms with Gasteiger partial charge in [0.1, 0.15) is 5.82 Å². The van der Waals surface area contributed by atoms with Crippen molar-refractivity contribution < 1.29 is 9.59 Å². The number of nitrogens with one attached hydrogen (secondary N) is 1. The van der Waals surface area contributed by atoms with E-state index >= 15 is 0 Å². The van der Waals surface area contributed by atoms with Crippen LogP contribution >= 0.6 is 0 Å². The molecule has 1 aliphatic rings. The normalized spacial score (nSPS) is 14.2. The fourth-order valence-electron chi connectivity index (χ4n) is 2.93. The summed E-state index contributed by atoms with van der Waals surface area (Å²) in [5.41, 5.74) is 2.99. The first-order chi connectivity index (χ1) is 12.5. The molecule has 1 aliphatic heterocycles. The molecule has 2 aromatic rings. The van der Waals surface area contributed by atoms with Crippen molar-refractivity contribution in [2.24, 2.45) is 0 Å². The van der Waals surface area contributed by atoms with Crippen molar-refractivity contribution in [2.45, 2.75) is 20.4 Å². The minimum absolute atomic E-state index is 0.0363. The Bertz CT molecular complexity index is 763. The summed E-state index contributed by atoms with van der Waals surface area (Å²) in [6, 6.07) is 12.0. The van der Waals surface area contributed by atoms with E-state index in [2.05, 4.69) is 41.5 Å². The van der Waals surface area contributed by atoms with Crippen molar-refractivity contribution in [3.05, 3.63) is 59.3 Å². The van der Waals surface area contributed by atoms with Gasteiger partial charge in [0.15, 0.2) is 0 Å². The van der Waals surface area contributed by atoms with Gasteiger partial charge >= 0.3 is 0 Å². The Balaban J connectivity index is 1.54. The van der Waals surface area contributed by atoms with Crippen LogP contribution in [0.1, 0.15) is 28.4 Å². The largest absolute Gasteiger partial charge is 0.366 e. The third-order valence-corrected chi connectivity index (χ3v) is 4.62. The predicted octanol–water partition coefficient (Wildman–Crippen LogP) is 2.31. The van der Waals surface area contributed by atoms with E-state index in [1.165, 1.54) is 11.1 Å². The standard InChI is InChI=1S/C20H24N4O2/c1-15-3-5-17(6-4-15)13-21-19-8-7-18(14-22-19)20(26)24-11-9-23(10-12-24)16(2)25/h3-8,14H,9-13H2,1-2H3,(H,21,22). The number of amides is 2. The Kier molecular flexibility index (Phi) is 5.51. The van der Waals surface area contributed by atoms with E-state index in [0.29, 0.717) is 38.3 Å². The second kappa shape index (κ2) is 7.99. The number of pyridine rings is 1. The van der Waals surface area contributed by atoms with E-state index in [9.17, 15) is 9.59 Å². The number of benzene rings is 1. The van der Waals surface area contributed by atoms with Crippen molar-refractivity contribution >= 4 is 17.6 Å². The number of hydrogen-bond donors (Lipinski definition) is 1. The van der Waals surface area contributed by atoms with Gasteiger partial charge in [-0.25, -0.2) is 4.98 Å². The van der Waals surface area contributed by atoms with Gasteiger partial charge in [-0.15, -0.1) is 0 Å². The van der Waals surface area contributed by atoms with Gasteiger partial charge in [0.2, 0.25) is 5.91 Å². The monoisotopic (exact) mass is 352 g/mol. The average molecular weight is 352 g/mol. The molecular formula is C20H24N4O2. The summed E-state index contributed by atoms with van der Waals surface area (Å²) in [5, 5.41) is 3.26. The van der Waals surface area contributed by atoms with Crippen LogP contribution in [-0.2, 0) is 11.3 Å². The summed E-state index contributed by atoms with van der Waals surface area (Å²) in [7, 11) is 0. The van der Waals surface area contributed by atoms with Crippen LogP contribution in [0, 0.1) is 6.92 Å². The molecule has 2 amide bonds. The highest BCUT2D eigenvalue weighted by molar-refractivity contribution is 5.94. The topological polar surface area (TPSA) is 65.5 Å². The summed E-state index contributed by atoms with van der Waals surface area (Å²) in [5.74, 6) is 0.761. The smallest absolute Gasteiger partial charge is 0.255 e. The third-order valence-electron chi connectivity index (χ3n) is 4.62. The maximum atomic E-state index is 12.6. The van der Waals surface area contributed by atoms with Crippen LogP contribution in [0.15, 0.2) is 42.6 Å². The highest BCUT2D eigenvalue weighted by Gasteiger charge is 2.23. The highest BCUT2D eigenvalue weighted by atomic mass is 16.2. The molecule has 136 valence electrons. The number of aromatic nitrogens is 1. The number of rotatable bonds is 4. The molecule has 26 heavy (non-hydrogen) atoms. The van der Waals surface area contributed by atoms with E-state index in [-0.39, 0.29) is 11.8 Å². The number of anilines is 1. The zero-order valence-corrected chi connectivity index (χ0v) is 15.2. The zero-order valence-electron chi connectivity index (χ0n) is 15.2. The molecule has 2 heterocycles. The number of hydrogen-bond acceptors (Lipinski definition) is 4. The van der Waals surface area contributed by atoms with Gasteiger partial charge in [0.25, 0.3) is 5.91 Å². The van der Waals surface area contributed by atoms with Gasteiger partial charge < -0.3 is 15.1 Å². The molecule has 0 radical (unpaired) electrons. The minimum atomic E-state index is -0.0363. The molecule has 0 bridgehead atoms. The summed E-state index contributed by atoms with van der Waals surface area (Å²) in [6.07, 6.45) is 1.61. The molecule has 0 unspecified atom stereocenters. The van der Waals surface area contributed by atoms with Crippen molar-refractivity contribution in [2.75, 3.05) is 31.5 Å².